The summed E-state index contributed by atoms with van der Waals surface area (Å²) in [5, 5.41) is 10.0. The molecular formula is C14H19ClN4O2. The van der Waals surface area contributed by atoms with E-state index in [1.165, 1.54) is 0 Å². The highest BCUT2D eigenvalue weighted by molar-refractivity contribution is 5.92. The Labute approximate surface area is 129 Å². The molecule has 1 amide bonds. The average Bonchev–Trinajstić information content (AvgIpc) is 2.97. The van der Waals surface area contributed by atoms with Crippen molar-refractivity contribution in [2.24, 2.45) is 0 Å². The number of carbonyl (C=O) groups is 1. The first-order chi connectivity index (χ1) is 9.74. The fourth-order valence-electron chi connectivity index (χ4n) is 1.72. The molecule has 0 fully saturated rings. The number of rotatable bonds is 6. The standard InChI is InChI=1S/C14H18N4O2.ClH/c1-15-8-9-16-14(19)13-7-10-18(17-13)11-3-5-12(20-2)6-4-11;/h3-7,10,15H,8-9H2,1-2H3,(H,16,19);1H. The molecule has 1 aromatic carbocycles. The van der Waals surface area contributed by atoms with Crippen LogP contribution in [0.3, 0.4) is 0 Å². The molecule has 0 aliphatic heterocycles. The molecule has 21 heavy (non-hydrogen) atoms. The Balaban J connectivity index is 0.00000220. The molecular weight excluding hydrogens is 292 g/mol. The molecule has 0 bridgehead atoms. The lowest BCUT2D eigenvalue weighted by Crippen LogP contribution is -2.30. The van der Waals surface area contributed by atoms with E-state index in [-0.39, 0.29) is 18.3 Å². The molecule has 7 heteroatoms. The zero-order valence-electron chi connectivity index (χ0n) is 12.0. The van der Waals surface area contributed by atoms with Crippen molar-refractivity contribution in [3.63, 3.8) is 0 Å². The van der Waals surface area contributed by atoms with Gasteiger partial charge < -0.3 is 15.4 Å². The Kier molecular flexibility index (Phi) is 6.71. The second-order valence-corrected chi connectivity index (χ2v) is 4.20. The first-order valence-electron chi connectivity index (χ1n) is 6.37. The summed E-state index contributed by atoms with van der Waals surface area (Å²) < 4.78 is 6.76. The van der Waals surface area contributed by atoms with Gasteiger partial charge in [0.2, 0.25) is 0 Å². The fourth-order valence-corrected chi connectivity index (χ4v) is 1.72. The van der Waals surface area contributed by atoms with Crippen molar-refractivity contribution in [2.45, 2.75) is 0 Å². The smallest absolute Gasteiger partial charge is 0.271 e. The Morgan fingerprint density at radius 2 is 1.95 bits per heavy atom. The van der Waals surface area contributed by atoms with Crippen LogP contribution < -0.4 is 15.4 Å². The average molecular weight is 311 g/mol. The van der Waals surface area contributed by atoms with Crippen LogP contribution in [0.25, 0.3) is 5.69 Å². The highest BCUT2D eigenvalue weighted by atomic mass is 35.5. The predicted octanol–water partition coefficient (Wildman–Crippen LogP) is 1.25. The van der Waals surface area contributed by atoms with Gasteiger partial charge in [0, 0.05) is 19.3 Å². The highest BCUT2D eigenvalue weighted by Gasteiger charge is 2.09. The number of halogens is 1. The maximum Gasteiger partial charge on any atom is 0.271 e. The van der Waals surface area contributed by atoms with Crippen molar-refractivity contribution >= 4 is 18.3 Å². The van der Waals surface area contributed by atoms with Crippen LogP contribution in [0.1, 0.15) is 10.5 Å². The number of likely N-dealkylation sites (N-methyl/N-ethyl adjacent to an activating group) is 1. The largest absolute Gasteiger partial charge is 0.497 e. The molecule has 0 aliphatic rings. The van der Waals surface area contributed by atoms with Crippen molar-refractivity contribution in [3.8, 4) is 11.4 Å². The van der Waals surface area contributed by atoms with Gasteiger partial charge in [-0.15, -0.1) is 12.4 Å². The van der Waals surface area contributed by atoms with Gasteiger partial charge in [0.25, 0.3) is 5.91 Å². The van der Waals surface area contributed by atoms with Crippen LogP contribution >= 0.6 is 12.4 Å². The first-order valence-corrected chi connectivity index (χ1v) is 6.37. The molecule has 2 N–H and O–H groups in total. The van der Waals surface area contributed by atoms with Crippen molar-refractivity contribution in [1.82, 2.24) is 20.4 Å². The van der Waals surface area contributed by atoms with Crippen LogP contribution in [0.15, 0.2) is 36.5 Å². The summed E-state index contributed by atoms with van der Waals surface area (Å²) >= 11 is 0. The summed E-state index contributed by atoms with van der Waals surface area (Å²) in [6.07, 6.45) is 1.76. The summed E-state index contributed by atoms with van der Waals surface area (Å²) in [6.45, 7) is 1.30. The maximum atomic E-state index is 11.8. The zero-order chi connectivity index (χ0) is 14.4. The van der Waals surface area contributed by atoms with Gasteiger partial charge in [-0.25, -0.2) is 4.68 Å². The minimum atomic E-state index is -0.174. The van der Waals surface area contributed by atoms with Gasteiger partial charge in [0.1, 0.15) is 5.75 Å². The van der Waals surface area contributed by atoms with E-state index in [9.17, 15) is 4.79 Å². The Morgan fingerprint density at radius 1 is 1.24 bits per heavy atom. The summed E-state index contributed by atoms with van der Waals surface area (Å²) in [6, 6.07) is 9.16. The van der Waals surface area contributed by atoms with Crippen LogP contribution in [-0.4, -0.2) is 42.9 Å². The first kappa shape index (κ1) is 17.0. The lowest BCUT2D eigenvalue weighted by Gasteiger charge is -2.04. The number of hydrogen-bond donors (Lipinski definition) is 2. The third kappa shape index (κ3) is 4.47. The molecule has 0 radical (unpaired) electrons. The summed E-state index contributed by atoms with van der Waals surface area (Å²) in [5.41, 5.74) is 1.27. The molecule has 0 saturated carbocycles. The maximum absolute atomic E-state index is 11.8. The number of carbonyl (C=O) groups excluding carboxylic acids is 1. The Hall–Kier alpha value is -2.05. The van der Waals surface area contributed by atoms with Gasteiger partial charge >= 0.3 is 0 Å². The summed E-state index contributed by atoms with van der Waals surface area (Å²) in [5.74, 6) is 0.610. The summed E-state index contributed by atoms with van der Waals surface area (Å²) in [4.78, 5) is 11.8. The van der Waals surface area contributed by atoms with Crippen LogP contribution in [0.2, 0.25) is 0 Å². The zero-order valence-corrected chi connectivity index (χ0v) is 12.8. The molecule has 0 saturated heterocycles. The van der Waals surface area contributed by atoms with E-state index in [1.54, 1.807) is 24.1 Å². The monoisotopic (exact) mass is 310 g/mol. The van der Waals surface area contributed by atoms with Gasteiger partial charge in [-0.05, 0) is 37.4 Å². The topological polar surface area (TPSA) is 68.2 Å². The third-order valence-corrected chi connectivity index (χ3v) is 2.82. The number of ether oxygens (including phenoxy) is 1. The second kappa shape index (κ2) is 8.28. The van der Waals surface area contributed by atoms with E-state index in [2.05, 4.69) is 15.7 Å². The highest BCUT2D eigenvalue weighted by Crippen LogP contribution is 2.14. The van der Waals surface area contributed by atoms with E-state index in [1.807, 2.05) is 31.3 Å². The minimum absolute atomic E-state index is 0. The van der Waals surface area contributed by atoms with Gasteiger partial charge in [-0.3, -0.25) is 4.79 Å². The SMILES string of the molecule is CNCCNC(=O)c1ccn(-c2ccc(OC)cc2)n1.Cl. The number of nitrogens with zero attached hydrogens (tertiary/aromatic N) is 2. The van der Waals surface area contributed by atoms with E-state index in [4.69, 9.17) is 4.74 Å². The third-order valence-electron chi connectivity index (χ3n) is 2.82. The molecule has 2 rings (SSSR count). The molecule has 1 heterocycles. The van der Waals surface area contributed by atoms with E-state index in [0.717, 1.165) is 18.0 Å². The van der Waals surface area contributed by atoms with Gasteiger partial charge in [0.15, 0.2) is 5.69 Å². The molecule has 114 valence electrons. The van der Waals surface area contributed by atoms with Gasteiger partial charge in [0.05, 0.1) is 12.8 Å². The quantitative estimate of drug-likeness (QED) is 0.788. The number of nitrogens with one attached hydrogen (secondary N) is 2. The number of benzene rings is 1. The molecule has 0 unspecified atom stereocenters. The summed E-state index contributed by atoms with van der Waals surface area (Å²) in [7, 11) is 3.46. The lowest BCUT2D eigenvalue weighted by molar-refractivity contribution is 0.0948. The molecule has 0 spiro atoms. The van der Waals surface area contributed by atoms with Crippen molar-refractivity contribution < 1.29 is 9.53 Å². The van der Waals surface area contributed by atoms with Crippen LogP contribution in [-0.2, 0) is 0 Å². The van der Waals surface area contributed by atoms with Crippen LogP contribution in [0, 0.1) is 0 Å². The van der Waals surface area contributed by atoms with Gasteiger partial charge in [-0.1, -0.05) is 0 Å². The molecule has 6 nitrogen and oxygen atoms in total. The number of amides is 1. The van der Waals surface area contributed by atoms with Crippen molar-refractivity contribution in [3.05, 3.63) is 42.2 Å². The van der Waals surface area contributed by atoms with E-state index < -0.39 is 0 Å². The minimum Gasteiger partial charge on any atom is -0.497 e. The normalized spacial score (nSPS) is 9.81. The number of methoxy groups -OCH3 is 1. The molecule has 0 aliphatic carbocycles. The van der Waals surface area contributed by atoms with E-state index >= 15 is 0 Å². The van der Waals surface area contributed by atoms with Crippen molar-refractivity contribution in [1.29, 1.82) is 0 Å². The molecule has 2 aromatic rings. The second-order valence-electron chi connectivity index (χ2n) is 4.20. The van der Waals surface area contributed by atoms with E-state index in [0.29, 0.717) is 12.2 Å². The predicted molar refractivity (Wildman–Crippen MR) is 83.6 cm³/mol. The van der Waals surface area contributed by atoms with Crippen LogP contribution in [0.4, 0.5) is 0 Å². The lowest BCUT2D eigenvalue weighted by atomic mass is 10.3. The molecule has 1 aromatic heterocycles. The Morgan fingerprint density at radius 3 is 2.57 bits per heavy atom. The van der Waals surface area contributed by atoms with Crippen LogP contribution in [0.5, 0.6) is 5.75 Å². The Bertz CT molecular complexity index is 569. The fraction of sp³-hybridized carbons (Fsp3) is 0.286. The number of hydrogen-bond acceptors (Lipinski definition) is 4. The van der Waals surface area contributed by atoms with Gasteiger partial charge in [-0.2, -0.15) is 5.10 Å². The van der Waals surface area contributed by atoms with Crippen molar-refractivity contribution in [2.75, 3.05) is 27.2 Å². The number of aromatic nitrogens is 2. The molecule has 0 atom stereocenters.